The number of carbonyl (C=O) groups is 1. The number of carbonyl (C=O) groups excluding carboxylic acids is 1. The number of hydrogen-bond donors (Lipinski definition) is 1. The first-order valence-corrected chi connectivity index (χ1v) is 7.73. The molecule has 0 aliphatic carbocycles. The fourth-order valence-corrected chi connectivity index (χ4v) is 2.96. The van der Waals surface area contributed by atoms with E-state index < -0.39 is 6.10 Å². The van der Waals surface area contributed by atoms with Gasteiger partial charge >= 0.3 is 0 Å². The number of anilines is 1. The maximum Gasteiger partial charge on any atom is 0.265 e. The molecule has 23 heavy (non-hydrogen) atoms. The summed E-state index contributed by atoms with van der Waals surface area (Å²) in [6, 6.07) is 11.7. The SMILES string of the molecule is CCC1Oc2ccc(-c3nc4ccccn4c3C)cc2NC1=O. The van der Waals surface area contributed by atoms with Crippen molar-refractivity contribution in [2.75, 3.05) is 5.32 Å². The minimum Gasteiger partial charge on any atom is -0.478 e. The minimum atomic E-state index is -0.412. The summed E-state index contributed by atoms with van der Waals surface area (Å²) in [5, 5.41) is 2.93. The number of aryl methyl sites for hydroxylation is 1. The molecule has 2 aromatic heterocycles. The highest BCUT2D eigenvalue weighted by Crippen LogP contribution is 2.35. The first kappa shape index (κ1) is 13.8. The zero-order valence-corrected chi connectivity index (χ0v) is 13.0. The maximum atomic E-state index is 12.0. The number of imidazole rings is 1. The van der Waals surface area contributed by atoms with Gasteiger partial charge in [-0.05, 0) is 43.7 Å². The molecule has 0 spiro atoms. The number of benzene rings is 1. The number of amides is 1. The van der Waals surface area contributed by atoms with Crippen molar-refractivity contribution in [2.45, 2.75) is 26.4 Å². The molecule has 0 saturated heterocycles. The van der Waals surface area contributed by atoms with Gasteiger partial charge in [-0.15, -0.1) is 0 Å². The predicted octanol–water partition coefficient (Wildman–Crippen LogP) is 3.42. The fourth-order valence-electron chi connectivity index (χ4n) is 2.96. The maximum absolute atomic E-state index is 12.0. The molecule has 1 atom stereocenters. The Labute approximate surface area is 133 Å². The van der Waals surface area contributed by atoms with Crippen LogP contribution in [0.15, 0.2) is 42.6 Å². The Kier molecular flexibility index (Phi) is 3.08. The topological polar surface area (TPSA) is 55.6 Å². The van der Waals surface area contributed by atoms with Crippen molar-refractivity contribution in [3.8, 4) is 17.0 Å². The van der Waals surface area contributed by atoms with Crippen LogP contribution in [0, 0.1) is 6.92 Å². The Balaban J connectivity index is 1.80. The number of fused-ring (bicyclic) bond motifs is 2. The Morgan fingerprint density at radius 3 is 2.96 bits per heavy atom. The summed E-state index contributed by atoms with van der Waals surface area (Å²) in [6.07, 6.45) is 2.24. The van der Waals surface area contributed by atoms with Gasteiger partial charge in [0.05, 0.1) is 11.4 Å². The van der Waals surface area contributed by atoms with E-state index in [-0.39, 0.29) is 5.91 Å². The number of aromatic nitrogens is 2. The summed E-state index contributed by atoms with van der Waals surface area (Å²) in [4.78, 5) is 16.7. The standard InChI is InChI=1S/C18H17N3O2/c1-3-14-18(22)19-13-10-12(7-8-15(13)23-14)17-11(2)21-9-5-4-6-16(21)20-17/h4-10,14H,3H2,1-2H3,(H,19,22). The second-order valence-corrected chi connectivity index (χ2v) is 5.69. The third-order valence-corrected chi connectivity index (χ3v) is 4.21. The molecule has 3 aromatic rings. The Bertz CT molecular complexity index is 914. The highest BCUT2D eigenvalue weighted by Gasteiger charge is 2.26. The molecule has 1 aliphatic heterocycles. The minimum absolute atomic E-state index is 0.0936. The molecular weight excluding hydrogens is 290 g/mol. The van der Waals surface area contributed by atoms with Crippen LogP contribution in [0.2, 0.25) is 0 Å². The van der Waals surface area contributed by atoms with Crippen LogP contribution >= 0.6 is 0 Å². The van der Waals surface area contributed by atoms with Gasteiger partial charge in [0.1, 0.15) is 11.4 Å². The van der Waals surface area contributed by atoms with Crippen LogP contribution in [0.5, 0.6) is 5.75 Å². The number of ether oxygens (including phenoxy) is 1. The van der Waals surface area contributed by atoms with E-state index in [9.17, 15) is 4.79 Å². The summed E-state index contributed by atoms with van der Waals surface area (Å²) < 4.78 is 7.79. The van der Waals surface area contributed by atoms with Crippen LogP contribution in [0.3, 0.4) is 0 Å². The van der Waals surface area contributed by atoms with E-state index in [2.05, 4.69) is 9.72 Å². The summed E-state index contributed by atoms with van der Waals surface area (Å²) in [6.45, 7) is 3.97. The van der Waals surface area contributed by atoms with Crippen molar-refractivity contribution < 1.29 is 9.53 Å². The Morgan fingerprint density at radius 2 is 2.17 bits per heavy atom. The second kappa shape index (κ2) is 5.12. The number of nitrogens with zero attached hydrogens (tertiary/aromatic N) is 2. The van der Waals surface area contributed by atoms with Gasteiger partial charge in [-0.1, -0.05) is 13.0 Å². The third-order valence-electron chi connectivity index (χ3n) is 4.21. The predicted molar refractivity (Wildman–Crippen MR) is 88.7 cm³/mol. The number of nitrogens with one attached hydrogen (secondary N) is 1. The molecule has 1 unspecified atom stereocenters. The molecule has 0 fully saturated rings. The van der Waals surface area contributed by atoms with Gasteiger partial charge in [0.25, 0.3) is 5.91 Å². The Hall–Kier alpha value is -2.82. The van der Waals surface area contributed by atoms with Gasteiger partial charge in [0.2, 0.25) is 0 Å². The van der Waals surface area contributed by atoms with Crippen molar-refractivity contribution in [2.24, 2.45) is 0 Å². The van der Waals surface area contributed by atoms with E-state index in [1.165, 1.54) is 0 Å². The van der Waals surface area contributed by atoms with E-state index in [1.54, 1.807) is 0 Å². The van der Waals surface area contributed by atoms with Gasteiger partial charge in [-0.25, -0.2) is 4.98 Å². The molecule has 1 N–H and O–H groups in total. The van der Waals surface area contributed by atoms with Gasteiger partial charge in [0, 0.05) is 17.5 Å². The second-order valence-electron chi connectivity index (χ2n) is 5.69. The molecule has 0 bridgehead atoms. The van der Waals surface area contributed by atoms with Crippen molar-refractivity contribution in [1.29, 1.82) is 0 Å². The quantitative estimate of drug-likeness (QED) is 0.789. The first-order chi connectivity index (χ1) is 11.2. The molecule has 0 radical (unpaired) electrons. The molecule has 3 heterocycles. The van der Waals surface area contributed by atoms with Crippen molar-refractivity contribution >= 4 is 17.2 Å². The summed E-state index contributed by atoms with van der Waals surface area (Å²) in [5.41, 5.74) is 4.54. The number of rotatable bonds is 2. The van der Waals surface area contributed by atoms with Gasteiger partial charge in [-0.3, -0.25) is 4.79 Å². The first-order valence-electron chi connectivity index (χ1n) is 7.73. The van der Waals surface area contributed by atoms with E-state index >= 15 is 0 Å². The molecule has 4 rings (SSSR count). The lowest BCUT2D eigenvalue weighted by molar-refractivity contribution is -0.123. The molecule has 1 amide bonds. The van der Waals surface area contributed by atoms with E-state index in [0.717, 1.165) is 22.6 Å². The third kappa shape index (κ3) is 2.16. The number of hydrogen-bond acceptors (Lipinski definition) is 3. The van der Waals surface area contributed by atoms with Crippen molar-refractivity contribution in [1.82, 2.24) is 9.38 Å². The van der Waals surface area contributed by atoms with E-state index in [4.69, 9.17) is 9.72 Å². The fraction of sp³-hybridized carbons (Fsp3) is 0.222. The highest BCUT2D eigenvalue weighted by molar-refractivity contribution is 5.98. The molecule has 1 aliphatic rings. The normalized spacial score (nSPS) is 16.8. The molecule has 5 heteroatoms. The van der Waals surface area contributed by atoms with Crippen LogP contribution in [0.1, 0.15) is 19.0 Å². The van der Waals surface area contributed by atoms with Crippen molar-refractivity contribution in [3.63, 3.8) is 0 Å². The number of pyridine rings is 1. The smallest absolute Gasteiger partial charge is 0.265 e. The van der Waals surface area contributed by atoms with Crippen LogP contribution in [-0.4, -0.2) is 21.4 Å². The van der Waals surface area contributed by atoms with Crippen LogP contribution < -0.4 is 10.1 Å². The van der Waals surface area contributed by atoms with Crippen LogP contribution in [0.25, 0.3) is 16.9 Å². The summed E-state index contributed by atoms with van der Waals surface area (Å²) in [7, 11) is 0. The van der Waals surface area contributed by atoms with Gasteiger partial charge < -0.3 is 14.5 Å². The Morgan fingerprint density at radius 1 is 1.30 bits per heavy atom. The lowest BCUT2D eigenvalue weighted by atomic mass is 10.1. The molecule has 5 nitrogen and oxygen atoms in total. The van der Waals surface area contributed by atoms with E-state index in [1.807, 2.05) is 56.4 Å². The van der Waals surface area contributed by atoms with Crippen LogP contribution in [-0.2, 0) is 4.79 Å². The monoisotopic (exact) mass is 307 g/mol. The average molecular weight is 307 g/mol. The molecular formula is C18H17N3O2. The highest BCUT2D eigenvalue weighted by atomic mass is 16.5. The largest absolute Gasteiger partial charge is 0.478 e. The zero-order valence-electron chi connectivity index (χ0n) is 13.0. The van der Waals surface area contributed by atoms with Crippen molar-refractivity contribution in [3.05, 3.63) is 48.3 Å². The van der Waals surface area contributed by atoms with E-state index in [0.29, 0.717) is 17.9 Å². The summed E-state index contributed by atoms with van der Waals surface area (Å²) in [5.74, 6) is 0.616. The average Bonchev–Trinajstić information content (AvgIpc) is 2.91. The van der Waals surface area contributed by atoms with Gasteiger partial charge in [0.15, 0.2) is 6.10 Å². The molecule has 116 valence electrons. The van der Waals surface area contributed by atoms with Gasteiger partial charge in [-0.2, -0.15) is 0 Å². The summed E-state index contributed by atoms with van der Waals surface area (Å²) >= 11 is 0. The lowest BCUT2D eigenvalue weighted by Gasteiger charge is -2.25. The van der Waals surface area contributed by atoms with Crippen LogP contribution in [0.4, 0.5) is 5.69 Å². The lowest BCUT2D eigenvalue weighted by Crippen LogP contribution is -2.36. The molecule has 1 aromatic carbocycles. The zero-order chi connectivity index (χ0) is 16.0. The molecule has 0 saturated carbocycles.